The van der Waals surface area contributed by atoms with E-state index >= 15 is 0 Å². The molecule has 0 atom stereocenters. The van der Waals surface area contributed by atoms with E-state index < -0.39 is 0 Å². The minimum atomic E-state index is 0.286. The van der Waals surface area contributed by atoms with Crippen molar-refractivity contribution in [1.29, 1.82) is 0 Å². The van der Waals surface area contributed by atoms with Crippen LogP contribution in [0.5, 0.6) is 5.75 Å². The van der Waals surface area contributed by atoms with Gasteiger partial charge in [-0.3, -0.25) is 0 Å². The van der Waals surface area contributed by atoms with Gasteiger partial charge in [0.05, 0.1) is 17.8 Å². The van der Waals surface area contributed by atoms with Gasteiger partial charge in [-0.2, -0.15) is 0 Å². The minimum absolute atomic E-state index is 0.286. The first-order valence-electron chi connectivity index (χ1n) is 5.61. The van der Waals surface area contributed by atoms with Gasteiger partial charge in [-0.25, -0.2) is 0 Å². The number of hydrogen-bond donors (Lipinski definition) is 2. The summed E-state index contributed by atoms with van der Waals surface area (Å²) in [5.41, 5.74) is 7.95. The standard InChI is InChI=1S/C14H13ClN2OS/c1-18-13-5-3-2-4-12(13)17-9-6-7-10(14(16)19)11(15)8-9/h2-8,17H,1H3,(H2,16,19). The Morgan fingerprint density at radius 3 is 2.63 bits per heavy atom. The molecule has 19 heavy (non-hydrogen) atoms. The molecule has 0 heterocycles. The molecular formula is C14H13ClN2OS. The average molecular weight is 293 g/mol. The molecule has 0 aliphatic heterocycles. The third-order valence-electron chi connectivity index (χ3n) is 2.62. The van der Waals surface area contributed by atoms with Crippen molar-refractivity contribution in [1.82, 2.24) is 0 Å². The highest BCUT2D eigenvalue weighted by atomic mass is 35.5. The number of nitrogens with one attached hydrogen (secondary N) is 1. The van der Waals surface area contributed by atoms with Crippen LogP contribution in [-0.4, -0.2) is 12.1 Å². The van der Waals surface area contributed by atoms with Crippen LogP contribution in [0, 0.1) is 0 Å². The number of nitrogens with two attached hydrogens (primary N) is 1. The number of methoxy groups -OCH3 is 1. The van der Waals surface area contributed by atoms with Crippen molar-refractivity contribution < 1.29 is 4.74 Å². The zero-order valence-corrected chi connectivity index (χ0v) is 11.9. The molecule has 0 saturated heterocycles. The Bertz CT molecular complexity index is 616. The Kier molecular flexibility index (Phi) is 4.24. The Hall–Kier alpha value is -1.78. The van der Waals surface area contributed by atoms with Crippen LogP contribution in [0.25, 0.3) is 0 Å². The molecule has 2 aromatic rings. The number of ether oxygens (including phenoxy) is 1. The van der Waals surface area contributed by atoms with Gasteiger partial charge in [-0.15, -0.1) is 0 Å². The first-order chi connectivity index (χ1) is 9.11. The van der Waals surface area contributed by atoms with Gasteiger partial charge in [-0.1, -0.05) is 36.0 Å². The van der Waals surface area contributed by atoms with E-state index in [4.69, 9.17) is 34.3 Å². The van der Waals surface area contributed by atoms with Crippen LogP contribution in [0.4, 0.5) is 11.4 Å². The lowest BCUT2D eigenvalue weighted by molar-refractivity contribution is 0.417. The summed E-state index contributed by atoms with van der Waals surface area (Å²) in [6, 6.07) is 13.1. The van der Waals surface area contributed by atoms with E-state index in [2.05, 4.69) is 5.32 Å². The fourth-order valence-corrected chi connectivity index (χ4v) is 2.21. The molecule has 5 heteroatoms. The summed E-state index contributed by atoms with van der Waals surface area (Å²) < 4.78 is 5.27. The minimum Gasteiger partial charge on any atom is -0.495 e. The monoisotopic (exact) mass is 292 g/mol. The second kappa shape index (κ2) is 5.91. The largest absolute Gasteiger partial charge is 0.495 e. The van der Waals surface area contributed by atoms with Gasteiger partial charge in [0, 0.05) is 11.3 Å². The SMILES string of the molecule is COc1ccccc1Nc1ccc(C(N)=S)c(Cl)c1. The fraction of sp³-hybridized carbons (Fsp3) is 0.0714. The van der Waals surface area contributed by atoms with Gasteiger partial charge in [0.15, 0.2) is 0 Å². The zero-order valence-electron chi connectivity index (χ0n) is 10.3. The predicted molar refractivity (Wildman–Crippen MR) is 83.6 cm³/mol. The van der Waals surface area contributed by atoms with Gasteiger partial charge in [0.25, 0.3) is 0 Å². The Morgan fingerprint density at radius 1 is 1.26 bits per heavy atom. The number of halogens is 1. The molecule has 3 N–H and O–H groups in total. The van der Waals surface area contributed by atoms with E-state index in [1.807, 2.05) is 30.3 Å². The molecule has 0 fully saturated rings. The highest BCUT2D eigenvalue weighted by molar-refractivity contribution is 7.80. The van der Waals surface area contributed by atoms with Crippen LogP contribution in [-0.2, 0) is 0 Å². The molecule has 0 saturated carbocycles. The molecule has 98 valence electrons. The van der Waals surface area contributed by atoms with E-state index in [1.165, 1.54) is 0 Å². The van der Waals surface area contributed by atoms with Gasteiger partial charge < -0.3 is 15.8 Å². The number of anilines is 2. The third-order valence-corrected chi connectivity index (χ3v) is 3.15. The smallest absolute Gasteiger partial charge is 0.142 e. The average Bonchev–Trinajstić information content (AvgIpc) is 2.39. The highest BCUT2D eigenvalue weighted by Gasteiger charge is 2.06. The summed E-state index contributed by atoms with van der Waals surface area (Å²) in [4.78, 5) is 0.286. The fourth-order valence-electron chi connectivity index (χ4n) is 1.70. The maximum atomic E-state index is 6.13. The number of benzene rings is 2. The van der Waals surface area contributed by atoms with Crippen LogP contribution < -0.4 is 15.8 Å². The topological polar surface area (TPSA) is 47.3 Å². The normalized spacial score (nSPS) is 10.0. The lowest BCUT2D eigenvalue weighted by Gasteiger charge is -2.12. The van der Waals surface area contributed by atoms with E-state index in [1.54, 1.807) is 19.2 Å². The molecular weight excluding hydrogens is 280 g/mol. The Balaban J connectivity index is 2.29. The molecule has 0 radical (unpaired) electrons. The second-order valence-corrected chi connectivity index (χ2v) is 4.73. The molecule has 2 aromatic carbocycles. The van der Waals surface area contributed by atoms with Gasteiger partial charge in [0.1, 0.15) is 10.7 Å². The summed E-state index contributed by atoms with van der Waals surface area (Å²) in [6.07, 6.45) is 0. The summed E-state index contributed by atoms with van der Waals surface area (Å²) in [7, 11) is 1.63. The number of thiocarbonyl (C=S) groups is 1. The summed E-state index contributed by atoms with van der Waals surface area (Å²) in [5, 5.41) is 3.76. The van der Waals surface area contributed by atoms with Crippen LogP contribution in [0.15, 0.2) is 42.5 Å². The van der Waals surface area contributed by atoms with Gasteiger partial charge in [0.2, 0.25) is 0 Å². The van der Waals surface area contributed by atoms with Crippen molar-refractivity contribution >= 4 is 40.2 Å². The Morgan fingerprint density at radius 2 is 2.00 bits per heavy atom. The molecule has 3 nitrogen and oxygen atoms in total. The van der Waals surface area contributed by atoms with E-state index in [0.29, 0.717) is 10.6 Å². The van der Waals surface area contributed by atoms with Crippen molar-refractivity contribution in [3.05, 3.63) is 53.1 Å². The number of hydrogen-bond acceptors (Lipinski definition) is 3. The maximum Gasteiger partial charge on any atom is 0.142 e. The molecule has 0 amide bonds. The molecule has 0 unspecified atom stereocenters. The van der Waals surface area contributed by atoms with Crippen LogP contribution in [0.1, 0.15) is 5.56 Å². The summed E-state index contributed by atoms with van der Waals surface area (Å²) >= 11 is 11.0. The molecule has 0 aromatic heterocycles. The lowest BCUT2D eigenvalue weighted by Crippen LogP contribution is -2.10. The number of rotatable bonds is 4. The quantitative estimate of drug-likeness (QED) is 0.843. The van der Waals surface area contributed by atoms with E-state index in [-0.39, 0.29) is 4.99 Å². The third kappa shape index (κ3) is 3.16. The first-order valence-corrected chi connectivity index (χ1v) is 6.40. The molecule has 2 rings (SSSR count). The highest BCUT2D eigenvalue weighted by Crippen LogP contribution is 2.29. The van der Waals surface area contributed by atoms with Gasteiger partial charge >= 0.3 is 0 Å². The maximum absolute atomic E-state index is 6.13. The Labute approximate surface area is 122 Å². The van der Waals surface area contributed by atoms with E-state index in [0.717, 1.165) is 17.1 Å². The zero-order chi connectivity index (χ0) is 13.8. The number of para-hydroxylation sites is 2. The first kappa shape index (κ1) is 13.6. The molecule has 0 aliphatic rings. The molecule has 0 bridgehead atoms. The predicted octanol–water partition coefficient (Wildman–Crippen LogP) is 3.73. The lowest BCUT2D eigenvalue weighted by atomic mass is 10.2. The van der Waals surface area contributed by atoms with Crippen LogP contribution in [0.3, 0.4) is 0 Å². The summed E-state index contributed by atoms with van der Waals surface area (Å²) in [6.45, 7) is 0. The van der Waals surface area contributed by atoms with Crippen molar-refractivity contribution in [2.24, 2.45) is 5.73 Å². The second-order valence-electron chi connectivity index (χ2n) is 3.88. The van der Waals surface area contributed by atoms with Crippen LogP contribution >= 0.6 is 23.8 Å². The van der Waals surface area contributed by atoms with Crippen molar-refractivity contribution in [2.45, 2.75) is 0 Å². The van der Waals surface area contributed by atoms with Gasteiger partial charge in [-0.05, 0) is 30.3 Å². The van der Waals surface area contributed by atoms with Crippen molar-refractivity contribution in [3.63, 3.8) is 0 Å². The molecule has 0 aliphatic carbocycles. The van der Waals surface area contributed by atoms with E-state index in [9.17, 15) is 0 Å². The summed E-state index contributed by atoms with van der Waals surface area (Å²) in [5.74, 6) is 0.761. The van der Waals surface area contributed by atoms with Crippen LogP contribution in [0.2, 0.25) is 5.02 Å². The molecule has 0 spiro atoms. The van der Waals surface area contributed by atoms with Crippen molar-refractivity contribution in [2.75, 3.05) is 12.4 Å². The van der Waals surface area contributed by atoms with Crippen molar-refractivity contribution in [3.8, 4) is 5.75 Å².